The van der Waals surface area contributed by atoms with E-state index in [1.54, 1.807) is 12.3 Å². The molecular weight excluding hydrogens is 202 g/mol. The molecule has 3 heteroatoms. The van der Waals surface area contributed by atoms with E-state index in [-0.39, 0.29) is 0 Å². The van der Waals surface area contributed by atoms with Crippen LogP contribution in [0.15, 0.2) is 46.5 Å². The molecule has 2 rings (SSSR count). The van der Waals surface area contributed by atoms with Crippen LogP contribution in [-0.2, 0) is 17.8 Å². The molecule has 0 saturated carbocycles. The van der Waals surface area contributed by atoms with Gasteiger partial charge in [-0.15, -0.1) is 6.58 Å². The SMILES string of the molecule is C=CCc1cc2occc2cc1CN=C=O. The molecule has 1 heterocycles. The summed E-state index contributed by atoms with van der Waals surface area (Å²) in [4.78, 5) is 13.7. The number of aliphatic imine (C=N–C) groups is 1. The van der Waals surface area contributed by atoms with Crippen LogP contribution in [0.4, 0.5) is 0 Å². The number of carbonyl (C=O) groups excluding carboxylic acids is 1. The zero-order valence-electron chi connectivity index (χ0n) is 8.77. The predicted octanol–water partition coefficient (Wildman–Crippen LogP) is 3.00. The van der Waals surface area contributed by atoms with Crippen molar-refractivity contribution >= 4 is 17.0 Å². The molecule has 0 spiro atoms. The number of rotatable bonds is 4. The number of benzene rings is 1. The van der Waals surface area contributed by atoms with Crippen LogP contribution < -0.4 is 0 Å². The van der Waals surface area contributed by atoms with Gasteiger partial charge >= 0.3 is 0 Å². The van der Waals surface area contributed by atoms with Gasteiger partial charge in [0.1, 0.15) is 5.58 Å². The van der Waals surface area contributed by atoms with Crippen LogP contribution in [0.5, 0.6) is 0 Å². The molecule has 0 aliphatic heterocycles. The Kier molecular flexibility index (Phi) is 2.99. The van der Waals surface area contributed by atoms with Crippen molar-refractivity contribution in [2.75, 3.05) is 0 Å². The van der Waals surface area contributed by atoms with Gasteiger partial charge in [-0.05, 0) is 35.7 Å². The Hall–Kier alpha value is -2.12. The van der Waals surface area contributed by atoms with Gasteiger partial charge in [0.15, 0.2) is 0 Å². The van der Waals surface area contributed by atoms with Crippen LogP contribution >= 0.6 is 0 Å². The van der Waals surface area contributed by atoms with Gasteiger partial charge in [0.25, 0.3) is 0 Å². The molecule has 0 fully saturated rings. The minimum Gasteiger partial charge on any atom is -0.464 e. The largest absolute Gasteiger partial charge is 0.464 e. The van der Waals surface area contributed by atoms with Crippen molar-refractivity contribution in [3.63, 3.8) is 0 Å². The van der Waals surface area contributed by atoms with Crippen molar-refractivity contribution in [3.05, 3.63) is 48.2 Å². The Morgan fingerprint density at radius 3 is 3.06 bits per heavy atom. The summed E-state index contributed by atoms with van der Waals surface area (Å²) >= 11 is 0. The first-order chi connectivity index (χ1) is 7.85. The quantitative estimate of drug-likeness (QED) is 0.445. The van der Waals surface area contributed by atoms with Crippen LogP contribution in [0.2, 0.25) is 0 Å². The first-order valence-corrected chi connectivity index (χ1v) is 4.98. The van der Waals surface area contributed by atoms with E-state index in [0.29, 0.717) is 6.54 Å². The van der Waals surface area contributed by atoms with E-state index in [0.717, 1.165) is 28.5 Å². The fourth-order valence-corrected chi connectivity index (χ4v) is 1.71. The number of hydrogen-bond acceptors (Lipinski definition) is 3. The van der Waals surface area contributed by atoms with Gasteiger partial charge in [-0.25, -0.2) is 9.79 Å². The van der Waals surface area contributed by atoms with Gasteiger partial charge in [0, 0.05) is 5.39 Å². The third kappa shape index (κ3) is 1.95. The molecule has 0 bridgehead atoms. The Labute approximate surface area is 93.1 Å². The maximum absolute atomic E-state index is 10.1. The summed E-state index contributed by atoms with van der Waals surface area (Å²) in [5, 5.41) is 1.02. The van der Waals surface area contributed by atoms with Gasteiger partial charge in [-0.3, -0.25) is 0 Å². The summed E-state index contributed by atoms with van der Waals surface area (Å²) in [7, 11) is 0. The predicted molar refractivity (Wildman–Crippen MR) is 61.9 cm³/mol. The molecule has 0 saturated heterocycles. The second-order valence-corrected chi connectivity index (χ2v) is 3.48. The fraction of sp³-hybridized carbons (Fsp3) is 0.154. The van der Waals surface area contributed by atoms with Crippen LogP contribution in [0, 0.1) is 0 Å². The molecule has 80 valence electrons. The third-order valence-corrected chi connectivity index (χ3v) is 2.45. The molecular formula is C13H11NO2. The normalized spacial score (nSPS) is 10.0. The average molecular weight is 213 g/mol. The number of fused-ring (bicyclic) bond motifs is 1. The maximum atomic E-state index is 10.1. The second kappa shape index (κ2) is 4.60. The number of furan rings is 1. The first-order valence-electron chi connectivity index (χ1n) is 4.98. The Balaban J connectivity index is 2.52. The summed E-state index contributed by atoms with van der Waals surface area (Å²) in [5.41, 5.74) is 2.93. The van der Waals surface area contributed by atoms with Crippen molar-refractivity contribution in [1.82, 2.24) is 0 Å². The van der Waals surface area contributed by atoms with Gasteiger partial charge in [0.05, 0.1) is 12.8 Å². The molecule has 0 aliphatic rings. The van der Waals surface area contributed by atoms with Crippen LogP contribution in [0.1, 0.15) is 11.1 Å². The average Bonchev–Trinajstić information content (AvgIpc) is 2.73. The molecule has 0 aliphatic carbocycles. The van der Waals surface area contributed by atoms with Crippen molar-refractivity contribution in [2.45, 2.75) is 13.0 Å². The molecule has 3 nitrogen and oxygen atoms in total. The van der Waals surface area contributed by atoms with Crippen LogP contribution in [0.3, 0.4) is 0 Å². The van der Waals surface area contributed by atoms with E-state index in [9.17, 15) is 4.79 Å². The topological polar surface area (TPSA) is 42.6 Å². The Morgan fingerprint density at radius 2 is 2.31 bits per heavy atom. The molecule has 1 aromatic carbocycles. The summed E-state index contributed by atoms with van der Waals surface area (Å²) in [6.45, 7) is 4.06. The molecule has 1 aromatic heterocycles. The van der Waals surface area contributed by atoms with E-state index in [2.05, 4.69) is 11.6 Å². The van der Waals surface area contributed by atoms with Crippen LogP contribution in [-0.4, -0.2) is 6.08 Å². The van der Waals surface area contributed by atoms with Crippen LogP contribution in [0.25, 0.3) is 11.0 Å². The van der Waals surface area contributed by atoms with Crippen molar-refractivity contribution in [1.29, 1.82) is 0 Å². The molecule has 16 heavy (non-hydrogen) atoms. The Bertz CT molecular complexity index is 562. The molecule has 0 N–H and O–H groups in total. The Morgan fingerprint density at radius 1 is 1.44 bits per heavy atom. The summed E-state index contributed by atoms with van der Waals surface area (Å²) in [6.07, 6.45) is 5.76. The monoisotopic (exact) mass is 213 g/mol. The lowest BCUT2D eigenvalue weighted by Gasteiger charge is -2.04. The highest BCUT2D eigenvalue weighted by atomic mass is 16.3. The van der Waals surface area contributed by atoms with Gasteiger partial charge in [-0.1, -0.05) is 6.08 Å². The molecule has 0 unspecified atom stereocenters. The highest BCUT2D eigenvalue weighted by Crippen LogP contribution is 2.22. The molecule has 0 atom stereocenters. The highest BCUT2D eigenvalue weighted by Gasteiger charge is 2.05. The lowest BCUT2D eigenvalue weighted by molar-refractivity contribution is 0.562. The van der Waals surface area contributed by atoms with E-state index in [4.69, 9.17) is 4.42 Å². The summed E-state index contributed by atoms with van der Waals surface area (Å²) < 4.78 is 5.32. The minimum absolute atomic E-state index is 0.355. The van der Waals surface area contributed by atoms with E-state index >= 15 is 0 Å². The van der Waals surface area contributed by atoms with E-state index < -0.39 is 0 Å². The smallest absolute Gasteiger partial charge is 0.235 e. The number of isocyanates is 1. The van der Waals surface area contributed by atoms with Gasteiger partial charge in [-0.2, -0.15) is 0 Å². The zero-order chi connectivity index (χ0) is 11.4. The van der Waals surface area contributed by atoms with Gasteiger partial charge < -0.3 is 4.42 Å². The summed E-state index contributed by atoms with van der Waals surface area (Å²) in [5.74, 6) is 0. The lowest BCUT2D eigenvalue weighted by Crippen LogP contribution is -1.91. The van der Waals surface area contributed by atoms with E-state index in [1.807, 2.05) is 24.3 Å². The molecule has 0 amide bonds. The first kappa shape index (κ1) is 10.4. The van der Waals surface area contributed by atoms with E-state index in [1.165, 1.54) is 0 Å². The molecule has 2 aromatic rings. The van der Waals surface area contributed by atoms with Crippen molar-refractivity contribution in [2.24, 2.45) is 4.99 Å². The van der Waals surface area contributed by atoms with Crippen molar-refractivity contribution in [3.8, 4) is 0 Å². The van der Waals surface area contributed by atoms with Crippen molar-refractivity contribution < 1.29 is 9.21 Å². The fourth-order valence-electron chi connectivity index (χ4n) is 1.71. The minimum atomic E-state index is 0.355. The standard InChI is InChI=1S/C13H11NO2/c1-2-3-10-7-13-11(4-5-16-13)6-12(10)8-14-9-15/h2,4-7H,1,3,8H2. The molecule has 0 radical (unpaired) electrons. The highest BCUT2D eigenvalue weighted by molar-refractivity contribution is 5.79. The maximum Gasteiger partial charge on any atom is 0.235 e. The zero-order valence-corrected chi connectivity index (χ0v) is 8.77. The van der Waals surface area contributed by atoms with Gasteiger partial charge in [0.2, 0.25) is 6.08 Å². The lowest BCUT2D eigenvalue weighted by atomic mass is 10.0. The number of allylic oxidation sites excluding steroid dienone is 1. The second-order valence-electron chi connectivity index (χ2n) is 3.48. The third-order valence-electron chi connectivity index (χ3n) is 2.45. The number of nitrogens with zero attached hydrogens (tertiary/aromatic N) is 1. The summed E-state index contributed by atoms with van der Waals surface area (Å²) in [6, 6.07) is 5.84. The number of hydrogen-bond donors (Lipinski definition) is 0.